The number of amides is 1. The summed E-state index contributed by atoms with van der Waals surface area (Å²) in [5.41, 5.74) is 2.43. The van der Waals surface area contributed by atoms with Crippen molar-refractivity contribution in [3.05, 3.63) is 35.0 Å². The van der Waals surface area contributed by atoms with Crippen LogP contribution in [0, 0.1) is 5.41 Å². The van der Waals surface area contributed by atoms with E-state index in [4.69, 9.17) is 0 Å². The molecule has 0 spiro atoms. The van der Waals surface area contributed by atoms with Crippen molar-refractivity contribution in [2.45, 2.75) is 64.8 Å². The summed E-state index contributed by atoms with van der Waals surface area (Å²) in [7, 11) is -3.06. The molecule has 1 amide bonds. The zero-order chi connectivity index (χ0) is 21.9. The van der Waals surface area contributed by atoms with Gasteiger partial charge in [-0.2, -0.15) is 0 Å². The predicted molar refractivity (Wildman–Crippen MR) is 118 cm³/mol. The second-order valence-electron chi connectivity index (χ2n) is 9.59. The van der Waals surface area contributed by atoms with E-state index in [2.05, 4.69) is 38.0 Å². The lowest BCUT2D eigenvalue weighted by Crippen LogP contribution is -2.42. The van der Waals surface area contributed by atoms with Crippen molar-refractivity contribution in [1.29, 1.82) is 0 Å². The maximum Gasteiger partial charge on any atom is 0.251 e. The number of H-pyrrole nitrogens is 1. The zero-order valence-corrected chi connectivity index (χ0v) is 18.9. The number of hydrogen-bond acceptors (Lipinski definition) is 4. The number of carbonyl (C=O) groups is 2. The topological polar surface area (TPSA) is 96.1 Å². The molecule has 1 aliphatic carbocycles. The smallest absolute Gasteiger partial charge is 0.251 e. The molecule has 1 aliphatic heterocycles. The number of Topliss-reactive ketones (excluding diaryl/α,β-unsaturated/α-hetero) is 1. The monoisotopic (exact) mass is 430 g/mol. The van der Waals surface area contributed by atoms with Crippen LogP contribution < -0.4 is 5.32 Å². The molecule has 1 saturated heterocycles. The summed E-state index contributed by atoms with van der Waals surface area (Å²) in [5.74, 6) is 0.0125. The molecular formula is C23H30N2O4S. The van der Waals surface area contributed by atoms with Crippen molar-refractivity contribution in [3.63, 3.8) is 0 Å². The van der Waals surface area contributed by atoms with Gasteiger partial charge in [0.2, 0.25) is 0 Å². The minimum Gasteiger partial charge on any atom is -0.352 e. The predicted octanol–water partition coefficient (Wildman–Crippen LogP) is 3.76. The number of ketones is 1. The van der Waals surface area contributed by atoms with Crippen LogP contribution >= 0.6 is 0 Å². The van der Waals surface area contributed by atoms with Crippen LogP contribution in [0.25, 0.3) is 10.9 Å². The Morgan fingerprint density at radius 1 is 1.23 bits per heavy atom. The summed E-state index contributed by atoms with van der Waals surface area (Å²) in [5, 5.41) is 3.75. The first-order valence-electron chi connectivity index (χ1n) is 10.7. The largest absolute Gasteiger partial charge is 0.352 e. The van der Waals surface area contributed by atoms with Gasteiger partial charge in [0.1, 0.15) is 0 Å². The first kappa shape index (κ1) is 21.1. The fraction of sp³-hybridized carbons (Fsp3) is 0.565. The highest BCUT2D eigenvalue weighted by Gasteiger charge is 2.48. The Kier molecular flexibility index (Phi) is 4.88. The van der Waals surface area contributed by atoms with Crippen molar-refractivity contribution in [3.8, 4) is 0 Å². The number of hydrogen-bond donors (Lipinski definition) is 2. The third-order valence-electron chi connectivity index (χ3n) is 7.15. The van der Waals surface area contributed by atoms with Gasteiger partial charge in [-0.3, -0.25) is 9.59 Å². The first-order valence-corrected chi connectivity index (χ1v) is 12.6. The van der Waals surface area contributed by atoms with E-state index >= 15 is 0 Å². The summed E-state index contributed by atoms with van der Waals surface area (Å²) < 4.78 is 23.4. The highest BCUT2D eigenvalue weighted by Crippen LogP contribution is 2.51. The number of nitrogens with one attached hydrogen (secondary N) is 2. The zero-order valence-electron chi connectivity index (χ0n) is 18.1. The van der Waals surface area contributed by atoms with E-state index in [0.717, 1.165) is 35.7 Å². The van der Waals surface area contributed by atoms with E-state index in [-0.39, 0.29) is 40.1 Å². The molecule has 2 aliphatic rings. The molecule has 4 rings (SSSR count). The van der Waals surface area contributed by atoms with Gasteiger partial charge in [-0.1, -0.05) is 27.7 Å². The summed E-state index contributed by atoms with van der Waals surface area (Å²) in [4.78, 5) is 29.5. The molecule has 7 heteroatoms. The molecule has 1 aromatic carbocycles. The van der Waals surface area contributed by atoms with Gasteiger partial charge in [-0.15, -0.1) is 0 Å². The second kappa shape index (κ2) is 6.94. The van der Waals surface area contributed by atoms with Crippen LogP contribution in [0.15, 0.2) is 18.2 Å². The molecule has 0 radical (unpaired) electrons. The number of aromatic amines is 1. The Morgan fingerprint density at radius 2 is 1.93 bits per heavy atom. The van der Waals surface area contributed by atoms with Crippen LogP contribution in [0.2, 0.25) is 0 Å². The average molecular weight is 431 g/mol. The van der Waals surface area contributed by atoms with Gasteiger partial charge in [-0.25, -0.2) is 8.42 Å². The lowest BCUT2D eigenvalue weighted by molar-refractivity contribution is 0.0670. The Morgan fingerprint density at radius 3 is 2.53 bits per heavy atom. The third kappa shape index (κ3) is 3.27. The number of fused-ring (bicyclic) bond motifs is 3. The number of rotatable bonds is 4. The van der Waals surface area contributed by atoms with Crippen LogP contribution in [0.3, 0.4) is 0 Å². The van der Waals surface area contributed by atoms with Crippen molar-refractivity contribution < 1.29 is 18.0 Å². The molecule has 0 saturated carbocycles. The molecule has 30 heavy (non-hydrogen) atoms. The maximum absolute atomic E-state index is 13.4. The quantitative estimate of drug-likeness (QED) is 0.772. The van der Waals surface area contributed by atoms with Crippen molar-refractivity contribution in [1.82, 2.24) is 10.3 Å². The van der Waals surface area contributed by atoms with E-state index in [1.54, 1.807) is 6.07 Å². The van der Waals surface area contributed by atoms with Crippen molar-refractivity contribution >= 4 is 32.4 Å². The van der Waals surface area contributed by atoms with Crippen molar-refractivity contribution in [2.24, 2.45) is 5.41 Å². The highest BCUT2D eigenvalue weighted by molar-refractivity contribution is 7.91. The molecule has 1 unspecified atom stereocenters. The Labute approximate surface area is 177 Å². The van der Waals surface area contributed by atoms with Gasteiger partial charge in [0.05, 0.1) is 17.2 Å². The SMILES string of the molecule is CCC1(CC)CC(C)(C)c2c([nH]c3ccc(C(=O)NC4CCS(=O)(=O)C4)cc23)C1=O. The summed E-state index contributed by atoms with van der Waals surface area (Å²) in [6, 6.07) is 5.07. The van der Waals surface area contributed by atoms with E-state index < -0.39 is 9.84 Å². The first-order chi connectivity index (χ1) is 14.0. The van der Waals surface area contributed by atoms with Crippen LogP contribution in [0.1, 0.15) is 79.8 Å². The van der Waals surface area contributed by atoms with Gasteiger partial charge in [0.25, 0.3) is 5.91 Å². The van der Waals surface area contributed by atoms with Crippen LogP contribution in [0.4, 0.5) is 0 Å². The minimum absolute atomic E-state index is 0.00180. The lowest BCUT2D eigenvalue weighted by Gasteiger charge is -2.43. The molecular weight excluding hydrogens is 400 g/mol. The molecule has 1 fully saturated rings. The molecule has 2 aromatic rings. The van der Waals surface area contributed by atoms with Gasteiger partial charge >= 0.3 is 0 Å². The average Bonchev–Trinajstić information content (AvgIpc) is 3.24. The number of sulfone groups is 1. The molecule has 1 atom stereocenters. The van der Waals surface area contributed by atoms with Gasteiger partial charge in [0, 0.05) is 27.9 Å². The molecule has 2 heterocycles. The molecule has 1 aromatic heterocycles. The van der Waals surface area contributed by atoms with Gasteiger partial charge in [-0.05, 0) is 54.9 Å². The normalized spacial score (nSPS) is 24.0. The summed E-state index contributed by atoms with van der Waals surface area (Å²) >= 11 is 0. The third-order valence-corrected chi connectivity index (χ3v) is 8.92. The Bertz CT molecular complexity index is 1140. The van der Waals surface area contributed by atoms with E-state index in [1.165, 1.54) is 0 Å². The molecule has 2 N–H and O–H groups in total. The summed E-state index contributed by atoms with van der Waals surface area (Å²) in [6.45, 7) is 8.50. The summed E-state index contributed by atoms with van der Waals surface area (Å²) in [6.07, 6.45) is 2.84. The fourth-order valence-corrected chi connectivity index (χ4v) is 7.16. The Hall–Kier alpha value is -2.15. The molecule has 6 nitrogen and oxygen atoms in total. The standard InChI is InChI=1S/C23H30N2O4S/c1-5-23(6-2)13-22(3,4)18-16-11-14(7-8-17(16)25-19(18)20(23)26)21(27)24-15-9-10-30(28,29)12-15/h7-8,11,15,25H,5-6,9-10,12-13H2,1-4H3,(H,24,27). The maximum atomic E-state index is 13.4. The number of carbonyl (C=O) groups excluding carboxylic acids is 2. The highest BCUT2D eigenvalue weighted by atomic mass is 32.2. The second-order valence-corrected chi connectivity index (χ2v) is 11.8. The van der Waals surface area contributed by atoms with Gasteiger partial charge < -0.3 is 10.3 Å². The van der Waals surface area contributed by atoms with Crippen LogP contribution in [-0.2, 0) is 15.3 Å². The lowest BCUT2D eigenvalue weighted by atomic mass is 9.59. The van der Waals surface area contributed by atoms with Crippen molar-refractivity contribution in [2.75, 3.05) is 11.5 Å². The van der Waals surface area contributed by atoms with E-state index in [1.807, 2.05) is 12.1 Å². The van der Waals surface area contributed by atoms with Crippen LogP contribution in [0.5, 0.6) is 0 Å². The van der Waals surface area contributed by atoms with E-state index in [0.29, 0.717) is 17.7 Å². The molecule has 0 bridgehead atoms. The molecule has 162 valence electrons. The Balaban J connectivity index is 1.73. The van der Waals surface area contributed by atoms with Crippen LogP contribution in [-0.4, -0.2) is 42.6 Å². The number of benzene rings is 1. The van der Waals surface area contributed by atoms with Gasteiger partial charge in [0.15, 0.2) is 15.6 Å². The number of aromatic nitrogens is 1. The van der Waals surface area contributed by atoms with E-state index in [9.17, 15) is 18.0 Å². The minimum atomic E-state index is -3.06. The fourth-order valence-electron chi connectivity index (χ4n) is 5.48.